The topological polar surface area (TPSA) is 54.5 Å². The lowest BCUT2D eigenvalue weighted by Crippen LogP contribution is -2.35. The summed E-state index contributed by atoms with van der Waals surface area (Å²) in [4.78, 5) is 14.5. The third-order valence-electron chi connectivity index (χ3n) is 4.07. The highest BCUT2D eigenvalue weighted by molar-refractivity contribution is 8.13. The summed E-state index contributed by atoms with van der Waals surface area (Å²) in [6, 6.07) is 5.03. The van der Waals surface area contributed by atoms with Crippen molar-refractivity contribution in [1.82, 2.24) is 4.90 Å². The van der Waals surface area contributed by atoms with Gasteiger partial charge in [-0.05, 0) is 43.4 Å². The van der Waals surface area contributed by atoms with Crippen molar-refractivity contribution in [3.63, 3.8) is 0 Å². The summed E-state index contributed by atoms with van der Waals surface area (Å²) in [7, 11) is 1.64. The number of likely N-dealkylation sites (tertiary alicyclic amines) is 1. The summed E-state index contributed by atoms with van der Waals surface area (Å²) < 4.78 is 23.3. The molecule has 1 aliphatic rings. The Morgan fingerprint density at radius 2 is 2.10 bits per heavy atom. The summed E-state index contributed by atoms with van der Waals surface area (Å²) in [6.07, 6.45) is 3.48. The number of carbonyl (C=O) groups excluding carboxylic acids is 1. The number of aryl methyl sites for hydroxylation is 1. The van der Waals surface area contributed by atoms with Gasteiger partial charge >= 0.3 is 0 Å². The number of carbonyl (C=O) groups is 1. The van der Waals surface area contributed by atoms with Crippen molar-refractivity contribution in [2.45, 2.75) is 50.5 Å². The predicted octanol–water partition coefficient (Wildman–Crippen LogP) is 3.19. The lowest BCUT2D eigenvalue weighted by atomic mass is 10.1. The average Bonchev–Trinajstić information content (AvgIpc) is 2.93. The number of benzene rings is 1. The molecule has 21 heavy (non-hydrogen) atoms. The van der Waals surface area contributed by atoms with Gasteiger partial charge in [-0.15, -0.1) is 0 Å². The van der Waals surface area contributed by atoms with E-state index in [0.29, 0.717) is 17.5 Å². The highest BCUT2D eigenvalue weighted by Crippen LogP contribution is 2.26. The normalized spacial score (nSPS) is 19.0. The molecular weight excluding hydrogens is 310 g/mol. The van der Waals surface area contributed by atoms with E-state index in [2.05, 4.69) is 6.92 Å². The zero-order valence-corrected chi connectivity index (χ0v) is 13.9. The van der Waals surface area contributed by atoms with Crippen molar-refractivity contribution in [3.8, 4) is 0 Å². The quantitative estimate of drug-likeness (QED) is 0.797. The van der Waals surface area contributed by atoms with Crippen molar-refractivity contribution in [2.24, 2.45) is 0 Å². The molecule has 1 atom stereocenters. The van der Waals surface area contributed by atoms with Gasteiger partial charge in [-0.1, -0.05) is 19.9 Å². The highest BCUT2D eigenvalue weighted by atomic mass is 35.7. The fourth-order valence-electron chi connectivity index (χ4n) is 2.90. The van der Waals surface area contributed by atoms with E-state index in [1.54, 1.807) is 12.1 Å². The first-order valence-electron chi connectivity index (χ1n) is 7.27. The molecule has 0 N–H and O–H groups in total. The zero-order chi connectivity index (χ0) is 15.6. The van der Waals surface area contributed by atoms with Crippen LogP contribution in [-0.2, 0) is 15.5 Å². The second-order valence-corrected chi connectivity index (χ2v) is 7.85. The van der Waals surface area contributed by atoms with E-state index in [-0.39, 0.29) is 16.8 Å². The minimum Gasteiger partial charge on any atom is -0.336 e. The Hall–Kier alpha value is -1.07. The monoisotopic (exact) mass is 329 g/mol. The maximum absolute atomic E-state index is 12.6. The SMILES string of the molecule is CCc1ccc(C(=O)N2CCCC2CC)cc1S(=O)(=O)Cl. The lowest BCUT2D eigenvalue weighted by molar-refractivity contribution is 0.0733. The fourth-order valence-corrected chi connectivity index (χ4v) is 4.12. The van der Waals surface area contributed by atoms with Gasteiger partial charge < -0.3 is 4.90 Å². The Morgan fingerprint density at radius 1 is 1.38 bits per heavy atom. The van der Waals surface area contributed by atoms with Crippen LogP contribution in [0.1, 0.15) is 49.0 Å². The molecular formula is C15H20ClNO3S. The van der Waals surface area contributed by atoms with Gasteiger partial charge in [0.25, 0.3) is 15.0 Å². The van der Waals surface area contributed by atoms with E-state index in [4.69, 9.17) is 10.7 Å². The van der Waals surface area contributed by atoms with Crippen LogP contribution in [0.3, 0.4) is 0 Å². The number of halogens is 1. The van der Waals surface area contributed by atoms with Gasteiger partial charge in [0, 0.05) is 28.8 Å². The highest BCUT2D eigenvalue weighted by Gasteiger charge is 2.29. The van der Waals surface area contributed by atoms with Crippen LogP contribution >= 0.6 is 10.7 Å². The van der Waals surface area contributed by atoms with Gasteiger partial charge in [0.15, 0.2) is 0 Å². The molecule has 1 unspecified atom stereocenters. The van der Waals surface area contributed by atoms with E-state index in [1.165, 1.54) is 6.07 Å². The molecule has 0 aliphatic carbocycles. The zero-order valence-electron chi connectivity index (χ0n) is 12.3. The second kappa shape index (κ2) is 6.36. The van der Waals surface area contributed by atoms with Gasteiger partial charge in [-0.25, -0.2) is 8.42 Å². The molecule has 0 spiro atoms. The molecule has 116 valence electrons. The summed E-state index contributed by atoms with van der Waals surface area (Å²) >= 11 is 0. The number of nitrogens with zero attached hydrogens (tertiary/aromatic N) is 1. The van der Waals surface area contributed by atoms with Crippen molar-refractivity contribution in [3.05, 3.63) is 29.3 Å². The molecule has 0 saturated carbocycles. The Morgan fingerprint density at radius 3 is 2.67 bits per heavy atom. The smallest absolute Gasteiger partial charge is 0.261 e. The molecule has 1 amide bonds. The van der Waals surface area contributed by atoms with Crippen LogP contribution < -0.4 is 0 Å². The summed E-state index contributed by atoms with van der Waals surface area (Å²) in [5.74, 6) is -0.108. The Bertz CT molecular complexity index is 642. The molecule has 4 nitrogen and oxygen atoms in total. The third kappa shape index (κ3) is 3.40. The maximum Gasteiger partial charge on any atom is 0.261 e. The number of amides is 1. The molecule has 0 bridgehead atoms. The number of hydrogen-bond acceptors (Lipinski definition) is 3. The molecule has 2 rings (SSSR count). The van der Waals surface area contributed by atoms with E-state index in [9.17, 15) is 13.2 Å². The molecule has 1 fully saturated rings. The molecule has 1 aliphatic heterocycles. The molecule has 1 aromatic rings. The summed E-state index contributed by atoms with van der Waals surface area (Å²) in [5, 5.41) is 0. The second-order valence-electron chi connectivity index (χ2n) is 5.32. The predicted molar refractivity (Wildman–Crippen MR) is 83.2 cm³/mol. The van der Waals surface area contributed by atoms with Crippen molar-refractivity contribution < 1.29 is 13.2 Å². The van der Waals surface area contributed by atoms with Crippen LogP contribution in [0.25, 0.3) is 0 Å². The van der Waals surface area contributed by atoms with Crippen LogP contribution in [0, 0.1) is 0 Å². The Kier molecular flexibility index (Phi) is 4.94. The third-order valence-corrected chi connectivity index (χ3v) is 5.47. The van der Waals surface area contributed by atoms with Crippen LogP contribution in [0.5, 0.6) is 0 Å². The van der Waals surface area contributed by atoms with Crippen LogP contribution in [0.4, 0.5) is 0 Å². The molecule has 6 heteroatoms. The largest absolute Gasteiger partial charge is 0.336 e. The number of rotatable bonds is 4. The van der Waals surface area contributed by atoms with Crippen LogP contribution in [0.15, 0.2) is 23.1 Å². The van der Waals surface area contributed by atoms with E-state index in [0.717, 1.165) is 25.8 Å². The standard InChI is InChI=1S/C15H20ClNO3S/c1-3-11-7-8-12(10-14(11)21(16,19)20)15(18)17-9-5-6-13(17)4-2/h7-8,10,13H,3-6,9H2,1-2H3. The fraction of sp³-hybridized carbons (Fsp3) is 0.533. The average molecular weight is 330 g/mol. The van der Waals surface area contributed by atoms with Crippen molar-refractivity contribution >= 4 is 25.6 Å². The summed E-state index contributed by atoms with van der Waals surface area (Å²) in [5.41, 5.74) is 1.03. The summed E-state index contributed by atoms with van der Waals surface area (Å²) in [6.45, 7) is 4.65. The molecule has 1 saturated heterocycles. The van der Waals surface area contributed by atoms with Crippen molar-refractivity contribution in [1.29, 1.82) is 0 Å². The maximum atomic E-state index is 12.6. The molecule has 0 aromatic heterocycles. The Labute approximate surface area is 130 Å². The lowest BCUT2D eigenvalue weighted by Gasteiger charge is -2.24. The Balaban J connectivity index is 2.39. The van der Waals surface area contributed by atoms with Crippen LogP contribution in [0.2, 0.25) is 0 Å². The van der Waals surface area contributed by atoms with E-state index in [1.807, 2.05) is 11.8 Å². The molecule has 1 aromatic carbocycles. The minimum absolute atomic E-state index is 0.0461. The minimum atomic E-state index is -3.84. The number of hydrogen-bond donors (Lipinski definition) is 0. The molecule has 0 radical (unpaired) electrons. The van der Waals surface area contributed by atoms with Crippen LogP contribution in [-0.4, -0.2) is 31.8 Å². The van der Waals surface area contributed by atoms with E-state index < -0.39 is 9.05 Å². The van der Waals surface area contributed by atoms with Gasteiger partial charge in [0.2, 0.25) is 0 Å². The van der Waals surface area contributed by atoms with Gasteiger partial charge in [-0.3, -0.25) is 4.79 Å². The van der Waals surface area contributed by atoms with Gasteiger partial charge in [-0.2, -0.15) is 0 Å². The first-order chi connectivity index (χ1) is 9.88. The van der Waals surface area contributed by atoms with Gasteiger partial charge in [0.05, 0.1) is 4.90 Å². The first kappa shape index (κ1) is 16.3. The van der Waals surface area contributed by atoms with Crippen molar-refractivity contribution in [2.75, 3.05) is 6.54 Å². The molecule has 1 heterocycles. The van der Waals surface area contributed by atoms with Gasteiger partial charge in [0.1, 0.15) is 0 Å². The first-order valence-corrected chi connectivity index (χ1v) is 9.58. The van der Waals surface area contributed by atoms with E-state index >= 15 is 0 Å².